The highest BCUT2D eigenvalue weighted by Crippen LogP contribution is 2.28. The molecule has 0 bridgehead atoms. The van der Waals surface area contributed by atoms with E-state index in [1.54, 1.807) is 18.2 Å². The topological polar surface area (TPSA) is 54.9 Å². The fourth-order valence-electron chi connectivity index (χ4n) is 5.17. The zero-order valence-corrected chi connectivity index (χ0v) is 23.3. The van der Waals surface area contributed by atoms with Crippen molar-refractivity contribution in [1.82, 2.24) is 15.3 Å². The minimum atomic E-state index is -0.288. The highest BCUT2D eigenvalue weighted by atomic mass is 19.1. The number of amides is 1. The number of rotatable bonds is 9. The second-order valence-electron chi connectivity index (χ2n) is 10.6. The molecule has 0 aliphatic carbocycles. The summed E-state index contributed by atoms with van der Waals surface area (Å²) in [5.74, 6) is -0.449. The molecule has 202 valence electrons. The first-order valence-electron chi connectivity index (χ1n) is 13.8. The summed E-state index contributed by atoms with van der Waals surface area (Å²) in [7, 11) is 0. The van der Waals surface area contributed by atoms with Gasteiger partial charge in [-0.15, -0.1) is 6.58 Å². The average Bonchev–Trinajstić information content (AvgIpc) is 2.95. The van der Waals surface area contributed by atoms with Gasteiger partial charge in [0, 0.05) is 11.1 Å². The Morgan fingerprint density at radius 3 is 2.42 bits per heavy atom. The highest BCUT2D eigenvalue weighted by molar-refractivity contribution is 5.98. The van der Waals surface area contributed by atoms with Crippen LogP contribution in [-0.4, -0.2) is 15.9 Å². The maximum absolute atomic E-state index is 13.6. The van der Waals surface area contributed by atoms with Crippen molar-refractivity contribution in [2.75, 3.05) is 0 Å². The number of benzene rings is 4. The molecule has 0 saturated heterocycles. The molecular weight excluding hydrogens is 497 g/mol. The van der Waals surface area contributed by atoms with Gasteiger partial charge in [-0.05, 0) is 111 Å². The van der Waals surface area contributed by atoms with Crippen LogP contribution >= 0.6 is 0 Å². The van der Waals surface area contributed by atoms with Gasteiger partial charge in [-0.1, -0.05) is 42.0 Å². The SMILES string of the molecule is C=C(C)CCCCc1nc2cc(C(=O)NC(C)c3ccc(C)c4ccccc34)ccc2nc1-c1ccc(F)cc1. The number of allylic oxidation sites excluding steroid dienone is 1. The number of aromatic nitrogens is 2. The van der Waals surface area contributed by atoms with Gasteiger partial charge in [-0.25, -0.2) is 14.4 Å². The van der Waals surface area contributed by atoms with Crippen molar-refractivity contribution in [3.8, 4) is 11.3 Å². The van der Waals surface area contributed by atoms with Crippen molar-refractivity contribution in [3.63, 3.8) is 0 Å². The maximum Gasteiger partial charge on any atom is 0.251 e. The van der Waals surface area contributed by atoms with Gasteiger partial charge in [0.25, 0.3) is 5.91 Å². The molecule has 5 heteroatoms. The molecule has 5 aromatic rings. The normalized spacial score (nSPS) is 12.0. The summed E-state index contributed by atoms with van der Waals surface area (Å²) >= 11 is 0. The Balaban J connectivity index is 1.44. The number of carbonyl (C=O) groups is 1. The summed E-state index contributed by atoms with van der Waals surface area (Å²) in [6.45, 7) is 10.1. The van der Waals surface area contributed by atoms with E-state index < -0.39 is 0 Å². The number of unbranched alkanes of at least 4 members (excludes halogenated alkanes) is 1. The Bertz CT molecular complexity index is 1710. The van der Waals surface area contributed by atoms with E-state index in [2.05, 4.69) is 43.1 Å². The Labute approximate surface area is 235 Å². The predicted molar refractivity (Wildman–Crippen MR) is 162 cm³/mol. The van der Waals surface area contributed by atoms with Crippen molar-refractivity contribution < 1.29 is 9.18 Å². The third kappa shape index (κ3) is 5.94. The molecule has 0 spiro atoms. The van der Waals surface area contributed by atoms with Crippen LogP contribution in [0.15, 0.2) is 91.0 Å². The lowest BCUT2D eigenvalue weighted by Crippen LogP contribution is -2.26. The van der Waals surface area contributed by atoms with Crippen molar-refractivity contribution in [3.05, 3.63) is 119 Å². The molecule has 0 saturated carbocycles. The van der Waals surface area contributed by atoms with Gasteiger partial charge in [-0.2, -0.15) is 0 Å². The first-order valence-corrected chi connectivity index (χ1v) is 13.8. The van der Waals surface area contributed by atoms with Crippen LogP contribution in [0.2, 0.25) is 0 Å². The Morgan fingerprint density at radius 2 is 1.68 bits per heavy atom. The van der Waals surface area contributed by atoms with Crippen molar-refractivity contribution in [2.24, 2.45) is 0 Å². The molecule has 0 fully saturated rings. The number of fused-ring (bicyclic) bond motifs is 2. The van der Waals surface area contributed by atoms with Crippen molar-refractivity contribution in [2.45, 2.75) is 52.5 Å². The summed E-state index contributed by atoms with van der Waals surface area (Å²) < 4.78 is 13.6. The average molecular weight is 532 g/mol. The van der Waals surface area contributed by atoms with Gasteiger partial charge in [0.1, 0.15) is 5.82 Å². The zero-order valence-electron chi connectivity index (χ0n) is 23.3. The molecule has 40 heavy (non-hydrogen) atoms. The molecule has 5 rings (SSSR count). The van der Waals surface area contributed by atoms with Crippen LogP contribution in [0.5, 0.6) is 0 Å². The molecule has 0 aliphatic heterocycles. The summed E-state index contributed by atoms with van der Waals surface area (Å²) in [5, 5.41) is 5.50. The van der Waals surface area contributed by atoms with Crippen LogP contribution < -0.4 is 5.32 Å². The molecule has 1 atom stereocenters. The molecule has 1 N–H and O–H groups in total. The van der Waals surface area contributed by atoms with Crippen LogP contribution in [0.3, 0.4) is 0 Å². The third-order valence-electron chi connectivity index (χ3n) is 7.37. The molecule has 1 amide bonds. The maximum atomic E-state index is 13.6. The van der Waals surface area contributed by atoms with E-state index >= 15 is 0 Å². The third-order valence-corrected chi connectivity index (χ3v) is 7.37. The van der Waals surface area contributed by atoms with E-state index in [9.17, 15) is 9.18 Å². The van der Waals surface area contributed by atoms with E-state index in [1.807, 2.05) is 38.1 Å². The van der Waals surface area contributed by atoms with Crippen LogP contribution in [0.25, 0.3) is 33.1 Å². The van der Waals surface area contributed by atoms with Crippen LogP contribution in [0, 0.1) is 12.7 Å². The van der Waals surface area contributed by atoms with Gasteiger partial charge >= 0.3 is 0 Å². The quantitative estimate of drug-likeness (QED) is 0.153. The number of hydrogen-bond donors (Lipinski definition) is 1. The number of aryl methyl sites for hydroxylation is 2. The van der Waals surface area contributed by atoms with E-state index in [0.717, 1.165) is 59.2 Å². The number of halogens is 1. The summed E-state index contributed by atoms with van der Waals surface area (Å²) in [4.78, 5) is 23.2. The lowest BCUT2D eigenvalue weighted by Gasteiger charge is -2.18. The monoisotopic (exact) mass is 531 g/mol. The Morgan fingerprint density at radius 1 is 0.925 bits per heavy atom. The fraction of sp³-hybridized carbons (Fsp3) is 0.229. The smallest absolute Gasteiger partial charge is 0.251 e. The number of nitrogens with one attached hydrogen (secondary N) is 1. The molecule has 4 aromatic carbocycles. The first-order chi connectivity index (χ1) is 19.3. The summed E-state index contributed by atoms with van der Waals surface area (Å²) in [6, 6.07) is 24.1. The van der Waals surface area contributed by atoms with Crippen molar-refractivity contribution in [1.29, 1.82) is 0 Å². The lowest BCUT2D eigenvalue weighted by molar-refractivity contribution is 0.0940. The van der Waals surface area contributed by atoms with Gasteiger partial charge in [0.05, 0.1) is 28.5 Å². The van der Waals surface area contributed by atoms with E-state index in [-0.39, 0.29) is 17.8 Å². The summed E-state index contributed by atoms with van der Waals surface area (Å²) in [6.07, 6.45) is 3.64. The largest absolute Gasteiger partial charge is 0.345 e. The molecule has 1 unspecified atom stereocenters. The van der Waals surface area contributed by atoms with Crippen molar-refractivity contribution >= 4 is 27.7 Å². The summed E-state index contributed by atoms with van der Waals surface area (Å²) in [5.41, 5.74) is 7.77. The van der Waals surface area contributed by atoms with Crippen LogP contribution in [0.1, 0.15) is 66.3 Å². The molecule has 1 heterocycles. The van der Waals surface area contributed by atoms with Gasteiger partial charge in [0.2, 0.25) is 0 Å². The minimum absolute atomic E-state index is 0.161. The number of carbonyl (C=O) groups excluding carboxylic acids is 1. The van der Waals surface area contributed by atoms with Gasteiger partial charge < -0.3 is 5.32 Å². The number of hydrogen-bond acceptors (Lipinski definition) is 3. The fourth-order valence-corrected chi connectivity index (χ4v) is 5.17. The van der Waals surface area contributed by atoms with Gasteiger partial charge in [0.15, 0.2) is 0 Å². The Kier molecular flexibility index (Phi) is 8.01. The van der Waals surface area contributed by atoms with E-state index in [0.29, 0.717) is 16.6 Å². The first kappa shape index (κ1) is 27.2. The van der Waals surface area contributed by atoms with Crippen LogP contribution in [-0.2, 0) is 6.42 Å². The minimum Gasteiger partial charge on any atom is -0.345 e. The molecule has 4 nitrogen and oxygen atoms in total. The highest BCUT2D eigenvalue weighted by Gasteiger charge is 2.17. The predicted octanol–water partition coefficient (Wildman–Crippen LogP) is 8.68. The molecule has 0 aliphatic rings. The van der Waals surface area contributed by atoms with E-state index in [4.69, 9.17) is 9.97 Å². The molecule has 1 aromatic heterocycles. The Hall–Kier alpha value is -4.38. The molecule has 0 radical (unpaired) electrons. The second-order valence-corrected chi connectivity index (χ2v) is 10.6. The second kappa shape index (κ2) is 11.8. The molecular formula is C35H34FN3O. The standard InChI is InChI=1S/C35H34FN3O/c1-22(2)9-5-8-12-32-34(25-14-17-27(36)18-15-25)39-31-20-16-26(21-33(31)38-32)35(40)37-24(4)29-19-13-23(3)28-10-6-7-11-30(28)29/h6-7,10-11,13-21,24H,1,5,8-9,12H2,2-4H3,(H,37,40). The zero-order chi connectivity index (χ0) is 28.2. The lowest BCUT2D eigenvalue weighted by atomic mass is 9.96. The van der Waals surface area contributed by atoms with E-state index in [1.165, 1.54) is 23.1 Å². The van der Waals surface area contributed by atoms with Gasteiger partial charge in [-0.3, -0.25) is 4.79 Å². The van der Waals surface area contributed by atoms with Crippen LogP contribution in [0.4, 0.5) is 4.39 Å². The number of nitrogens with zero attached hydrogens (tertiary/aromatic N) is 2.